The molecule has 0 atom stereocenters. The first kappa shape index (κ1) is 35.3. The Morgan fingerprint density at radius 1 is 1.08 bits per heavy atom. The Morgan fingerprint density at radius 3 is 2.29 bits per heavy atom. The van der Waals surface area contributed by atoms with Crippen LogP contribution in [0.15, 0.2) is 42.9 Å². The van der Waals surface area contributed by atoms with Gasteiger partial charge >= 0.3 is 17.9 Å². The molecular formula is C32H32ClF3N6O7. The van der Waals surface area contributed by atoms with Gasteiger partial charge in [0, 0.05) is 43.3 Å². The van der Waals surface area contributed by atoms with Crippen LogP contribution in [0.1, 0.15) is 54.4 Å². The quantitative estimate of drug-likeness (QED) is 0.135. The molecule has 2 heterocycles. The van der Waals surface area contributed by atoms with Crippen LogP contribution in [0.3, 0.4) is 0 Å². The average Bonchev–Trinajstić information content (AvgIpc) is 3.40. The first-order valence-electron chi connectivity index (χ1n) is 15.0. The van der Waals surface area contributed by atoms with E-state index >= 15 is 4.39 Å². The number of hydrogen-bond acceptors (Lipinski definition) is 10. The summed E-state index contributed by atoms with van der Waals surface area (Å²) >= 11 is 6.67. The number of nitro groups is 1. The molecule has 2 aromatic carbocycles. The molecule has 4 aromatic rings. The lowest BCUT2D eigenvalue weighted by Crippen LogP contribution is -2.44. The summed E-state index contributed by atoms with van der Waals surface area (Å²) in [6.45, 7) is 9.37. The third-order valence-electron chi connectivity index (χ3n) is 6.99. The zero-order valence-corrected chi connectivity index (χ0v) is 28.0. The summed E-state index contributed by atoms with van der Waals surface area (Å²) in [7, 11) is 0. The molecule has 1 fully saturated rings. The van der Waals surface area contributed by atoms with Crippen molar-refractivity contribution >= 4 is 46.2 Å². The number of amides is 2. The fraction of sp³-hybridized carbons (Fsp3) is 0.406. The second-order valence-corrected chi connectivity index (χ2v) is 13.9. The third kappa shape index (κ3) is 8.18. The highest BCUT2D eigenvalue weighted by Gasteiger charge is 2.45. The maximum atomic E-state index is 15.4. The van der Waals surface area contributed by atoms with Gasteiger partial charge in [-0.2, -0.15) is 14.4 Å². The molecule has 0 aliphatic heterocycles. The van der Waals surface area contributed by atoms with Gasteiger partial charge in [0.1, 0.15) is 38.9 Å². The lowest BCUT2D eigenvalue weighted by molar-refractivity contribution is -0.386. The van der Waals surface area contributed by atoms with E-state index in [0.29, 0.717) is 29.4 Å². The average molecular weight is 705 g/mol. The molecule has 0 unspecified atom stereocenters. The van der Waals surface area contributed by atoms with Crippen LogP contribution in [0.25, 0.3) is 22.3 Å². The standard InChI is InChI=1S/C32H32ClF3N6O7/c1-30(2,3)48-28(43)41(29(44)49-31(4,5)6)23-10-19(9-20(34)27(23)42(45)46)47-24-8-7-21-26(25(24)33)39-22(14-37-21)18-13-38-40(16-18)15-17-11-32(35,36)12-17/h7-10,13-14,16-17H,11-12,15H2,1-6H3. The predicted molar refractivity (Wildman–Crippen MR) is 172 cm³/mol. The highest BCUT2D eigenvalue weighted by atomic mass is 35.5. The van der Waals surface area contributed by atoms with Crippen LogP contribution in [0.4, 0.5) is 34.1 Å². The number of benzene rings is 2. The molecule has 17 heteroatoms. The molecular weight excluding hydrogens is 673 g/mol. The number of carbonyl (C=O) groups is 2. The number of rotatable bonds is 7. The predicted octanol–water partition coefficient (Wildman–Crippen LogP) is 8.71. The SMILES string of the molecule is CC(C)(C)OC(=O)N(C(=O)OC(C)(C)C)c1cc(Oc2ccc3ncc(-c4cnn(CC5CC(F)(F)C5)c4)nc3c2Cl)cc(F)c1[N+](=O)[O-]. The van der Waals surface area contributed by atoms with Gasteiger partial charge in [0.05, 0.1) is 28.5 Å². The van der Waals surface area contributed by atoms with Crippen molar-refractivity contribution in [2.75, 3.05) is 4.90 Å². The number of hydrogen-bond donors (Lipinski definition) is 0. The van der Waals surface area contributed by atoms with Gasteiger partial charge in [-0.1, -0.05) is 11.6 Å². The molecule has 49 heavy (non-hydrogen) atoms. The number of alkyl halides is 2. The minimum absolute atomic E-state index is 0.0626. The second-order valence-electron chi connectivity index (χ2n) is 13.5. The molecule has 0 N–H and O–H groups in total. The minimum Gasteiger partial charge on any atom is -0.456 e. The second kappa shape index (κ2) is 12.8. The highest BCUT2D eigenvalue weighted by molar-refractivity contribution is 6.36. The van der Waals surface area contributed by atoms with Crippen molar-refractivity contribution in [2.45, 2.75) is 78.1 Å². The van der Waals surface area contributed by atoms with Crippen LogP contribution in [-0.2, 0) is 16.0 Å². The Morgan fingerprint density at radius 2 is 1.71 bits per heavy atom. The van der Waals surface area contributed by atoms with Crippen LogP contribution >= 0.6 is 11.6 Å². The molecule has 1 saturated carbocycles. The van der Waals surface area contributed by atoms with Gasteiger partial charge in [0.2, 0.25) is 11.7 Å². The molecule has 0 radical (unpaired) electrons. The van der Waals surface area contributed by atoms with Gasteiger partial charge in [-0.05, 0) is 59.6 Å². The maximum absolute atomic E-state index is 15.4. The van der Waals surface area contributed by atoms with Crippen LogP contribution < -0.4 is 9.64 Å². The lowest BCUT2D eigenvalue weighted by Gasteiger charge is -2.34. The number of aromatic nitrogens is 4. The summed E-state index contributed by atoms with van der Waals surface area (Å²) in [5.41, 5.74) is -2.87. The third-order valence-corrected chi connectivity index (χ3v) is 7.35. The van der Waals surface area contributed by atoms with Crippen molar-refractivity contribution < 1.29 is 41.9 Å². The maximum Gasteiger partial charge on any atom is 0.424 e. The first-order valence-corrected chi connectivity index (χ1v) is 15.4. The fourth-order valence-electron chi connectivity index (χ4n) is 5.00. The summed E-state index contributed by atoms with van der Waals surface area (Å²) < 4.78 is 59.9. The van der Waals surface area contributed by atoms with Crippen LogP contribution in [0, 0.1) is 21.8 Å². The molecule has 2 aromatic heterocycles. The molecule has 5 rings (SSSR count). The van der Waals surface area contributed by atoms with E-state index in [4.69, 9.17) is 25.8 Å². The summed E-state index contributed by atoms with van der Waals surface area (Å²) in [4.78, 5) is 46.5. The molecule has 260 valence electrons. The summed E-state index contributed by atoms with van der Waals surface area (Å²) in [6, 6.07) is 4.52. The Hall–Kier alpha value is -4.99. The van der Waals surface area contributed by atoms with E-state index in [1.165, 1.54) is 66.1 Å². The van der Waals surface area contributed by atoms with Gasteiger partial charge in [-0.15, -0.1) is 0 Å². The smallest absolute Gasteiger partial charge is 0.424 e. The van der Waals surface area contributed by atoms with Gasteiger partial charge < -0.3 is 14.2 Å². The number of halogens is 4. The summed E-state index contributed by atoms with van der Waals surface area (Å²) in [5.74, 6) is -4.70. The van der Waals surface area contributed by atoms with Crippen molar-refractivity contribution in [3.63, 3.8) is 0 Å². The number of ether oxygens (including phenoxy) is 3. The molecule has 1 aliphatic rings. The summed E-state index contributed by atoms with van der Waals surface area (Å²) in [6.07, 6.45) is 1.54. The Labute approximate surface area is 283 Å². The number of nitro benzene ring substituents is 1. The van der Waals surface area contributed by atoms with E-state index in [9.17, 15) is 28.5 Å². The van der Waals surface area contributed by atoms with Gasteiger partial charge in [-0.25, -0.2) is 23.4 Å². The zero-order valence-electron chi connectivity index (χ0n) is 27.3. The topological polar surface area (TPSA) is 152 Å². The van der Waals surface area contributed by atoms with Crippen LogP contribution in [0.2, 0.25) is 5.02 Å². The number of anilines is 1. The van der Waals surface area contributed by atoms with Crippen molar-refractivity contribution in [1.82, 2.24) is 19.7 Å². The van der Waals surface area contributed by atoms with Gasteiger partial charge in [0.15, 0.2) is 0 Å². The van der Waals surface area contributed by atoms with Crippen molar-refractivity contribution in [3.8, 4) is 22.8 Å². The van der Waals surface area contributed by atoms with E-state index < -0.39 is 51.4 Å². The monoisotopic (exact) mass is 704 g/mol. The Bertz CT molecular complexity index is 1920. The lowest BCUT2D eigenvalue weighted by atomic mass is 9.81. The highest BCUT2D eigenvalue weighted by Crippen LogP contribution is 2.43. The number of imide groups is 1. The molecule has 2 amide bonds. The van der Waals surface area contributed by atoms with E-state index in [2.05, 4.69) is 15.1 Å². The van der Waals surface area contributed by atoms with E-state index in [0.717, 1.165) is 6.07 Å². The molecule has 0 spiro atoms. The minimum atomic E-state index is -2.64. The first-order chi connectivity index (χ1) is 22.7. The van der Waals surface area contributed by atoms with Crippen molar-refractivity contribution in [1.29, 1.82) is 0 Å². The van der Waals surface area contributed by atoms with Crippen LogP contribution in [-0.4, -0.2) is 54.0 Å². The zero-order chi connectivity index (χ0) is 36.1. The molecule has 1 aliphatic carbocycles. The summed E-state index contributed by atoms with van der Waals surface area (Å²) in [5, 5.41) is 16.2. The molecule has 0 saturated heterocycles. The number of nitrogens with zero attached hydrogens (tertiary/aromatic N) is 6. The fourth-order valence-corrected chi connectivity index (χ4v) is 5.24. The van der Waals surface area contributed by atoms with Gasteiger partial charge in [-0.3, -0.25) is 19.8 Å². The Balaban J connectivity index is 1.50. The van der Waals surface area contributed by atoms with Crippen molar-refractivity contribution in [2.24, 2.45) is 5.92 Å². The molecule has 0 bridgehead atoms. The van der Waals surface area contributed by atoms with E-state index in [-0.39, 0.29) is 45.7 Å². The van der Waals surface area contributed by atoms with E-state index in [1.807, 2.05) is 0 Å². The number of carbonyl (C=O) groups excluding carboxylic acids is 2. The normalized spacial score (nSPS) is 14.7. The Kier molecular flexibility index (Phi) is 9.23. The largest absolute Gasteiger partial charge is 0.456 e. The van der Waals surface area contributed by atoms with Gasteiger partial charge in [0.25, 0.3) is 0 Å². The van der Waals surface area contributed by atoms with E-state index in [1.54, 1.807) is 10.9 Å². The number of fused-ring (bicyclic) bond motifs is 1. The van der Waals surface area contributed by atoms with Crippen LogP contribution in [0.5, 0.6) is 11.5 Å². The molecule has 13 nitrogen and oxygen atoms in total. The van der Waals surface area contributed by atoms with Crippen molar-refractivity contribution in [3.05, 3.63) is 63.8 Å².